The van der Waals surface area contributed by atoms with E-state index in [1.54, 1.807) is 18.4 Å². The zero-order valence-corrected chi connectivity index (χ0v) is 12.5. The number of thiocarbonyl (C=S) groups is 1. The van der Waals surface area contributed by atoms with Gasteiger partial charge in [0.1, 0.15) is 0 Å². The van der Waals surface area contributed by atoms with Crippen LogP contribution in [0.3, 0.4) is 0 Å². The molecule has 0 bridgehead atoms. The third kappa shape index (κ3) is 4.55. The van der Waals surface area contributed by atoms with Crippen LogP contribution in [0.1, 0.15) is 18.1 Å². The van der Waals surface area contributed by atoms with Crippen molar-refractivity contribution in [1.82, 2.24) is 10.7 Å². The molecule has 1 aromatic carbocycles. The molecule has 108 valence electrons. The highest BCUT2D eigenvalue weighted by Crippen LogP contribution is 2.31. The number of phenols is 1. The Balaban J connectivity index is 2.89. The minimum absolute atomic E-state index is 0.126. The summed E-state index contributed by atoms with van der Waals surface area (Å²) in [5, 5.41) is 17.4. The van der Waals surface area contributed by atoms with Gasteiger partial charge in [-0.3, -0.25) is 5.43 Å². The van der Waals surface area contributed by atoms with Crippen LogP contribution in [0, 0.1) is 0 Å². The fraction of sp³-hybridized carbons (Fsp3) is 0.286. The molecule has 0 aliphatic rings. The van der Waals surface area contributed by atoms with Gasteiger partial charge in [-0.15, -0.1) is 6.58 Å². The van der Waals surface area contributed by atoms with Crippen LogP contribution in [0.5, 0.6) is 11.5 Å². The second-order valence-corrected chi connectivity index (χ2v) is 4.36. The predicted octanol–water partition coefficient (Wildman–Crippen LogP) is 1.95. The SMILES string of the molecule is C=CCc1cc(/C=N/NC(=S)NCC)cc(OC)c1O. The number of benzene rings is 1. The van der Waals surface area contributed by atoms with Crippen LogP contribution < -0.4 is 15.5 Å². The first-order valence-electron chi connectivity index (χ1n) is 6.20. The Labute approximate surface area is 124 Å². The molecule has 0 aliphatic heterocycles. The van der Waals surface area contributed by atoms with Crippen LogP contribution in [0.15, 0.2) is 29.9 Å². The second-order valence-electron chi connectivity index (χ2n) is 3.95. The van der Waals surface area contributed by atoms with E-state index in [9.17, 15) is 5.11 Å². The van der Waals surface area contributed by atoms with E-state index >= 15 is 0 Å². The highest BCUT2D eigenvalue weighted by molar-refractivity contribution is 7.80. The first-order chi connectivity index (χ1) is 9.62. The molecule has 0 atom stereocenters. The molecular weight excluding hydrogens is 274 g/mol. The topological polar surface area (TPSA) is 65.9 Å². The molecule has 6 heteroatoms. The Morgan fingerprint density at radius 1 is 1.55 bits per heavy atom. The number of aromatic hydroxyl groups is 1. The molecule has 0 aromatic heterocycles. The van der Waals surface area contributed by atoms with Crippen molar-refractivity contribution in [2.45, 2.75) is 13.3 Å². The molecule has 0 amide bonds. The number of nitrogens with zero attached hydrogens (tertiary/aromatic N) is 1. The van der Waals surface area contributed by atoms with Gasteiger partial charge in [-0.05, 0) is 43.3 Å². The van der Waals surface area contributed by atoms with Crippen LogP contribution >= 0.6 is 12.2 Å². The number of nitrogens with one attached hydrogen (secondary N) is 2. The van der Waals surface area contributed by atoms with Gasteiger partial charge in [0.2, 0.25) is 0 Å². The summed E-state index contributed by atoms with van der Waals surface area (Å²) < 4.78 is 5.13. The first-order valence-corrected chi connectivity index (χ1v) is 6.60. The van der Waals surface area contributed by atoms with Crippen LogP contribution in [0.25, 0.3) is 0 Å². The molecule has 1 aromatic rings. The van der Waals surface area contributed by atoms with E-state index in [2.05, 4.69) is 22.4 Å². The highest BCUT2D eigenvalue weighted by atomic mass is 32.1. The van der Waals surface area contributed by atoms with E-state index in [4.69, 9.17) is 17.0 Å². The Kier molecular flexibility index (Phi) is 6.52. The Bertz CT molecular complexity index is 515. The number of hydrazone groups is 1. The Morgan fingerprint density at radius 3 is 2.90 bits per heavy atom. The van der Waals surface area contributed by atoms with E-state index < -0.39 is 0 Å². The maximum Gasteiger partial charge on any atom is 0.186 e. The number of rotatable bonds is 6. The minimum atomic E-state index is 0.126. The van der Waals surface area contributed by atoms with Crippen molar-refractivity contribution in [3.8, 4) is 11.5 Å². The Morgan fingerprint density at radius 2 is 2.30 bits per heavy atom. The number of ether oxygens (including phenoxy) is 1. The lowest BCUT2D eigenvalue weighted by molar-refractivity contribution is 0.371. The van der Waals surface area contributed by atoms with Gasteiger partial charge in [0.25, 0.3) is 0 Å². The summed E-state index contributed by atoms with van der Waals surface area (Å²) in [7, 11) is 1.51. The van der Waals surface area contributed by atoms with Crippen molar-refractivity contribution < 1.29 is 9.84 Å². The van der Waals surface area contributed by atoms with Crippen molar-refractivity contribution in [2.24, 2.45) is 5.10 Å². The molecule has 20 heavy (non-hydrogen) atoms. The number of phenolic OH excluding ortho intramolecular Hbond substituents is 1. The van der Waals surface area contributed by atoms with Gasteiger partial charge >= 0.3 is 0 Å². The van der Waals surface area contributed by atoms with E-state index in [0.717, 1.165) is 17.7 Å². The molecule has 0 heterocycles. The van der Waals surface area contributed by atoms with Crippen LogP contribution in [0.2, 0.25) is 0 Å². The van der Waals surface area contributed by atoms with Gasteiger partial charge < -0.3 is 15.2 Å². The number of hydrogen-bond acceptors (Lipinski definition) is 4. The molecule has 0 saturated carbocycles. The zero-order valence-electron chi connectivity index (χ0n) is 11.6. The van der Waals surface area contributed by atoms with Crippen molar-refractivity contribution in [3.05, 3.63) is 35.9 Å². The summed E-state index contributed by atoms with van der Waals surface area (Å²) in [6.07, 6.45) is 3.87. The molecule has 5 nitrogen and oxygen atoms in total. The smallest absolute Gasteiger partial charge is 0.186 e. The molecule has 0 saturated heterocycles. The third-order valence-corrected chi connectivity index (χ3v) is 2.71. The molecule has 1 rings (SSSR count). The van der Waals surface area contributed by atoms with Crippen molar-refractivity contribution in [3.63, 3.8) is 0 Å². The van der Waals surface area contributed by atoms with E-state index in [0.29, 0.717) is 17.3 Å². The van der Waals surface area contributed by atoms with Gasteiger partial charge in [0.15, 0.2) is 16.6 Å². The van der Waals surface area contributed by atoms with Gasteiger partial charge in [-0.2, -0.15) is 5.10 Å². The summed E-state index contributed by atoms with van der Waals surface area (Å²) in [4.78, 5) is 0. The fourth-order valence-corrected chi connectivity index (χ4v) is 1.79. The second kappa shape index (κ2) is 8.16. The maximum atomic E-state index is 9.96. The lowest BCUT2D eigenvalue weighted by atomic mass is 10.1. The fourth-order valence-electron chi connectivity index (χ4n) is 1.60. The maximum absolute atomic E-state index is 9.96. The van der Waals surface area contributed by atoms with Crippen molar-refractivity contribution >= 4 is 23.5 Å². The summed E-state index contributed by atoms with van der Waals surface area (Å²) in [5.74, 6) is 0.528. The minimum Gasteiger partial charge on any atom is -0.504 e. The lowest BCUT2D eigenvalue weighted by Crippen LogP contribution is -2.31. The predicted molar refractivity (Wildman–Crippen MR) is 85.6 cm³/mol. The largest absolute Gasteiger partial charge is 0.504 e. The summed E-state index contributed by atoms with van der Waals surface area (Å²) in [6.45, 7) is 6.35. The molecule has 0 fully saturated rings. The van der Waals surface area contributed by atoms with Crippen molar-refractivity contribution in [1.29, 1.82) is 0 Å². The quantitative estimate of drug-likeness (QED) is 0.324. The van der Waals surface area contributed by atoms with E-state index in [1.165, 1.54) is 7.11 Å². The normalized spacial score (nSPS) is 10.3. The molecule has 0 radical (unpaired) electrons. The third-order valence-electron chi connectivity index (χ3n) is 2.48. The van der Waals surface area contributed by atoms with E-state index in [-0.39, 0.29) is 5.75 Å². The first kappa shape index (κ1) is 16.0. The van der Waals surface area contributed by atoms with Crippen molar-refractivity contribution in [2.75, 3.05) is 13.7 Å². The standard InChI is InChI=1S/C14H19N3O2S/c1-4-6-11-7-10(8-12(19-3)13(11)18)9-16-17-14(20)15-5-2/h4,7-9,18H,1,5-6H2,2-3H3,(H2,15,17,20)/b16-9+. The van der Waals surface area contributed by atoms with Crippen LogP contribution in [-0.4, -0.2) is 30.1 Å². The Hall–Kier alpha value is -2.08. The molecule has 0 spiro atoms. The average molecular weight is 293 g/mol. The number of methoxy groups -OCH3 is 1. The molecule has 0 aliphatic carbocycles. The van der Waals surface area contributed by atoms with Gasteiger partial charge in [0, 0.05) is 12.1 Å². The zero-order chi connectivity index (χ0) is 15.0. The van der Waals surface area contributed by atoms with Crippen LogP contribution in [-0.2, 0) is 6.42 Å². The average Bonchev–Trinajstić information content (AvgIpc) is 2.42. The monoisotopic (exact) mass is 293 g/mol. The molecule has 3 N–H and O–H groups in total. The molecular formula is C14H19N3O2S. The number of hydrogen-bond donors (Lipinski definition) is 3. The van der Waals surface area contributed by atoms with Gasteiger partial charge in [-0.1, -0.05) is 6.08 Å². The lowest BCUT2D eigenvalue weighted by Gasteiger charge is -2.09. The number of allylic oxidation sites excluding steroid dienone is 1. The summed E-state index contributed by atoms with van der Waals surface area (Å²) in [5.41, 5.74) is 4.23. The van der Waals surface area contributed by atoms with Crippen LogP contribution in [0.4, 0.5) is 0 Å². The van der Waals surface area contributed by atoms with Gasteiger partial charge in [0.05, 0.1) is 13.3 Å². The highest BCUT2D eigenvalue weighted by Gasteiger charge is 2.08. The van der Waals surface area contributed by atoms with E-state index in [1.807, 2.05) is 13.0 Å². The van der Waals surface area contributed by atoms with Gasteiger partial charge in [-0.25, -0.2) is 0 Å². The molecule has 0 unspecified atom stereocenters. The summed E-state index contributed by atoms with van der Waals surface area (Å²) in [6, 6.07) is 3.52. The summed E-state index contributed by atoms with van der Waals surface area (Å²) >= 11 is 4.99.